The van der Waals surface area contributed by atoms with E-state index in [1.165, 1.54) is 6.26 Å². The van der Waals surface area contributed by atoms with Crippen LogP contribution in [-0.4, -0.2) is 20.2 Å². The Morgan fingerprint density at radius 1 is 1.12 bits per heavy atom. The molecule has 1 aromatic heterocycles. The zero-order valence-corrected chi connectivity index (χ0v) is 15.4. The van der Waals surface area contributed by atoms with Crippen molar-refractivity contribution in [2.75, 3.05) is 6.61 Å². The first-order chi connectivity index (χ1) is 12.4. The molecule has 0 radical (unpaired) electrons. The summed E-state index contributed by atoms with van der Waals surface area (Å²) in [6.07, 6.45) is 1.40. The van der Waals surface area contributed by atoms with Crippen molar-refractivity contribution < 1.29 is 17.7 Å². The first kappa shape index (κ1) is 18.3. The smallest absolute Gasteiger partial charge is 0.239 e. The number of aryl methyl sites for hydroxylation is 1. The molecule has 1 heterocycles. The zero-order chi connectivity index (χ0) is 18.7. The van der Waals surface area contributed by atoms with Gasteiger partial charge in [-0.15, -0.1) is 0 Å². The fourth-order valence-corrected chi connectivity index (χ4v) is 4.00. The Morgan fingerprint density at radius 3 is 2.54 bits per heavy atom. The maximum absolute atomic E-state index is 12.5. The van der Waals surface area contributed by atoms with Gasteiger partial charge in [0.1, 0.15) is 12.0 Å². The number of nitrogens with zero attached hydrogens (tertiary/aromatic N) is 1. The molecule has 0 fully saturated rings. The van der Waals surface area contributed by atoms with Crippen molar-refractivity contribution in [1.82, 2.24) is 5.16 Å². The number of primary sulfonamides is 1. The Balaban J connectivity index is 2.33. The number of hydrogen-bond acceptors (Lipinski definition) is 5. The maximum atomic E-state index is 12.5. The van der Waals surface area contributed by atoms with Crippen LogP contribution < -0.4 is 5.14 Å². The van der Waals surface area contributed by atoms with Crippen LogP contribution in [0.1, 0.15) is 18.1 Å². The van der Waals surface area contributed by atoms with E-state index >= 15 is 0 Å². The molecule has 6 nitrogen and oxygen atoms in total. The van der Waals surface area contributed by atoms with Gasteiger partial charge < -0.3 is 9.26 Å². The Kier molecular flexibility index (Phi) is 5.22. The minimum Gasteiger partial charge on any atom is -0.377 e. The Bertz CT molecular complexity index is 1010. The molecule has 2 N–H and O–H groups in total. The molecule has 0 aliphatic heterocycles. The predicted octanol–water partition coefficient (Wildman–Crippen LogP) is 3.50. The lowest BCUT2D eigenvalue weighted by Gasteiger charge is -2.17. The molecule has 0 spiro atoms. The third-order valence-corrected chi connectivity index (χ3v) is 5.11. The summed E-state index contributed by atoms with van der Waals surface area (Å²) >= 11 is 0. The predicted molar refractivity (Wildman–Crippen MR) is 98.8 cm³/mol. The summed E-state index contributed by atoms with van der Waals surface area (Å²) in [4.78, 5) is 0.0374. The second-order valence-electron chi connectivity index (χ2n) is 5.86. The van der Waals surface area contributed by atoms with Crippen LogP contribution in [0.2, 0.25) is 0 Å². The molecule has 3 aromatic rings. The average molecular weight is 372 g/mol. The van der Waals surface area contributed by atoms with Crippen molar-refractivity contribution in [3.63, 3.8) is 0 Å². The zero-order valence-electron chi connectivity index (χ0n) is 14.6. The standard InChI is InChI=1S/C19H20N2O4S/c1-3-24-12-14-6-4-5-7-15(14)16-9-8-13(2)18(17-10-11-25-21-17)19(16)26(20,22)23/h4-11H,3,12H2,1-2H3,(H2,20,22,23). The summed E-state index contributed by atoms with van der Waals surface area (Å²) in [7, 11) is -4.02. The van der Waals surface area contributed by atoms with Crippen molar-refractivity contribution >= 4 is 10.0 Å². The number of ether oxygens (including phenoxy) is 1. The van der Waals surface area contributed by atoms with Gasteiger partial charge in [0.2, 0.25) is 10.0 Å². The van der Waals surface area contributed by atoms with Crippen LogP contribution in [-0.2, 0) is 21.4 Å². The monoisotopic (exact) mass is 372 g/mol. The summed E-state index contributed by atoms with van der Waals surface area (Å²) < 4.78 is 35.5. The van der Waals surface area contributed by atoms with Gasteiger partial charge in [-0.3, -0.25) is 0 Å². The third kappa shape index (κ3) is 3.55. The van der Waals surface area contributed by atoms with Gasteiger partial charge in [-0.2, -0.15) is 0 Å². The molecule has 0 bridgehead atoms. The lowest BCUT2D eigenvalue weighted by molar-refractivity contribution is 0.134. The normalized spacial score (nSPS) is 11.7. The van der Waals surface area contributed by atoms with Crippen molar-refractivity contribution in [2.45, 2.75) is 25.3 Å². The molecule has 3 rings (SSSR count). The van der Waals surface area contributed by atoms with Crippen LogP contribution in [0.3, 0.4) is 0 Å². The average Bonchev–Trinajstić information content (AvgIpc) is 3.13. The van der Waals surface area contributed by atoms with Crippen molar-refractivity contribution in [3.05, 3.63) is 59.9 Å². The third-order valence-electron chi connectivity index (χ3n) is 4.11. The Labute approximate surface area is 152 Å². The number of aromatic nitrogens is 1. The molecule has 0 amide bonds. The highest BCUT2D eigenvalue weighted by molar-refractivity contribution is 7.89. The van der Waals surface area contributed by atoms with Crippen LogP contribution in [0.4, 0.5) is 0 Å². The quantitative estimate of drug-likeness (QED) is 0.714. The van der Waals surface area contributed by atoms with Gasteiger partial charge in [-0.05, 0) is 30.5 Å². The van der Waals surface area contributed by atoms with Gasteiger partial charge in [-0.1, -0.05) is 41.6 Å². The SMILES string of the molecule is CCOCc1ccccc1-c1ccc(C)c(-c2ccon2)c1S(N)(=O)=O. The molecule has 2 aromatic carbocycles. The number of rotatable bonds is 6. The van der Waals surface area contributed by atoms with Crippen LogP contribution in [0.5, 0.6) is 0 Å². The van der Waals surface area contributed by atoms with Gasteiger partial charge in [0.15, 0.2) is 0 Å². The maximum Gasteiger partial charge on any atom is 0.239 e. The summed E-state index contributed by atoms with van der Waals surface area (Å²) in [5, 5.41) is 9.51. The van der Waals surface area contributed by atoms with E-state index in [1.807, 2.05) is 44.2 Å². The molecule has 7 heteroatoms. The van der Waals surface area contributed by atoms with E-state index in [0.717, 1.165) is 16.7 Å². The van der Waals surface area contributed by atoms with E-state index in [1.54, 1.807) is 12.1 Å². The van der Waals surface area contributed by atoms with Crippen LogP contribution in [0.25, 0.3) is 22.4 Å². The highest BCUT2D eigenvalue weighted by Crippen LogP contribution is 2.38. The Hall–Kier alpha value is -2.48. The summed E-state index contributed by atoms with van der Waals surface area (Å²) in [6, 6.07) is 12.8. The van der Waals surface area contributed by atoms with E-state index in [4.69, 9.17) is 14.4 Å². The van der Waals surface area contributed by atoms with E-state index < -0.39 is 10.0 Å². The second kappa shape index (κ2) is 7.41. The highest BCUT2D eigenvalue weighted by atomic mass is 32.2. The van der Waals surface area contributed by atoms with Crippen molar-refractivity contribution in [2.24, 2.45) is 5.14 Å². The van der Waals surface area contributed by atoms with E-state index in [-0.39, 0.29) is 4.90 Å². The summed E-state index contributed by atoms with van der Waals surface area (Å²) in [6.45, 7) is 4.67. The fourth-order valence-electron chi connectivity index (χ4n) is 2.97. The number of sulfonamides is 1. The van der Waals surface area contributed by atoms with E-state index in [2.05, 4.69) is 5.16 Å². The summed E-state index contributed by atoms with van der Waals surface area (Å²) in [5.74, 6) is 0. The molecule has 26 heavy (non-hydrogen) atoms. The Morgan fingerprint density at radius 2 is 1.88 bits per heavy atom. The number of nitrogens with two attached hydrogens (primary N) is 1. The van der Waals surface area contributed by atoms with Gasteiger partial charge in [0.05, 0.1) is 11.5 Å². The molecule has 0 atom stereocenters. The number of benzene rings is 2. The largest absolute Gasteiger partial charge is 0.377 e. The molecule has 0 saturated heterocycles. The van der Waals surface area contributed by atoms with Gasteiger partial charge in [0.25, 0.3) is 0 Å². The molecule has 0 aliphatic carbocycles. The topological polar surface area (TPSA) is 95.4 Å². The molecular weight excluding hydrogens is 352 g/mol. The summed E-state index contributed by atoms with van der Waals surface area (Å²) in [5.41, 5.74) is 3.78. The van der Waals surface area contributed by atoms with Gasteiger partial charge >= 0.3 is 0 Å². The molecule has 0 unspecified atom stereocenters. The van der Waals surface area contributed by atoms with E-state index in [9.17, 15) is 8.42 Å². The lowest BCUT2D eigenvalue weighted by Crippen LogP contribution is -2.16. The van der Waals surface area contributed by atoms with Crippen LogP contribution >= 0.6 is 0 Å². The number of hydrogen-bond donors (Lipinski definition) is 1. The second-order valence-corrected chi connectivity index (χ2v) is 7.36. The van der Waals surface area contributed by atoms with Gasteiger partial charge in [0, 0.05) is 23.8 Å². The minimum absolute atomic E-state index is 0.0374. The van der Waals surface area contributed by atoms with Gasteiger partial charge in [-0.25, -0.2) is 13.6 Å². The van der Waals surface area contributed by atoms with Crippen LogP contribution in [0, 0.1) is 6.92 Å². The van der Waals surface area contributed by atoms with Crippen molar-refractivity contribution in [1.29, 1.82) is 0 Å². The highest BCUT2D eigenvalue weighted by Gasteiger charge is 2.25. The van der Waals surface area contributed by atoms with E-state index in [0.29, 0.717) is 30.0 Å². The molecule has 136 valence electrons. The molecule has 0 saturated carbocycles. The minimum atomic E-state index is -4.02. The molecular formula is C19H20N2O4S. The van der Waals surface area contributed by atoms with Crippen molar-refractivity contribution in [3.8, 4) is 22.4 Å². The fraction of sp³-hybridized carbons (Fsp3) is 0.211. The lowest BCUT2D eigenvalue weighted by atomic mass is 9.95. The first-order valence-electron chi connectivity index (χ1n) is 8.16. The van der Waals surface area contributed by atoms with Crippen LogP contribution in [0.15, 0.2) is 58.1 Å². The first-order valence-corrected chi connectivity index (χ1v) is 9.71. The molecule has 0 aliphatic rings.